The van der Waals surface area contributed by atoms with Crippen molar-refractivity contribution in [2.24, 2.45) is 0 Å². The van der Waals surface area contributed by atoms with E-state index in [1.165, 1.54) is 31.4 Å². The van der Waals surface area contributed by atoms with E-state index >= 15 is 0 Å². The van der Waals surface area contributed by atoms with Gasteiger partial charge in [-0.05, 0) is 81.3 Å². The van der Waals surface area contributed by atoms with Gasteiger partial charge in [-0.25, -0.2) is 14.4 Å². The van der Waals surface area contributed by atoms with Crippen LogP contribution in [-0.2, 0) is 0 Å². The van der Waals surface area contributed by atoms with Crippen LogP contribution >= 0.6 is 0 Å². The van der Waals surface area contributed by atoms with Crippen LogP contribution in [0.4, 0.5) is 15.9 Å². The largest absolute Gasteiger partial charge is 0.352 e. The normalized spacial score (nSPS) is 16.4. The van der Waals surface area contributed by atoms with Crippen molar-refractivity contribution in [1.82, 2.24) is 20.2 Å². The summed E-state index contributed by atoms with van der Waals surface area (Å²) < 4.78 is 13.2. The number of hydrogen-bond donors (Lipinski definition) is 2. The molecule has 1 fully saturated rings. The van der Waals surface area contributed by atoms with Gasteiger partial charge in [-0.2, -0.15) is 0 Å². The molecule has 2 aromatic carbocycles. The van der Waals surface area contributed by atoms with Gasteiger partial charge in [0.25, 0.3) is 5.91 Å². The summed E-state index contributed by atoms with van der Waals surface area (Å²) in [5.41, 5.74) is 2.08. The molecule has 0 aliphatic carbocycles. The first kappa shape index (κ1) is 22.9. The minimum atomic E-state index is -0.302. The molecule has 0 spiro atoms. The van der Waals surface area contributed by atoms with Gasteiger partial charge in [-0.15, -0.1) is 0 Å². The van der Waals surface area contributed by atoms with Crippen molar-refractivity contribution in [2.45, 2.75) is 38.6 Å². The van der Waals surface area contributed by atoms with Gasteiger partial charge in [-0.3, -0.25) is 4.79 Å². The number of benzene rings is 2. The highest BCUT2D eigenvalue weighted by molar-refractivity contribution is 5.95. The predicted molar refractivity (Wildman–Crippen MR) is 129 cm³/mol. The molecule has 0 unspecified atom stereocenters. The van der Waals surface area contributed by atoms with Crippen LogP contribution in [-0.4, -0.2) is 46.5 Å². The van der Waals surface area contributed by atoms with Crippen LogP contribution in [0.15, 0.2) is 60.8 Å². The Balaban J connectivity index is 1.32. The first-order valence-electron chi connectivity index (χ1n) is 11.6. The van der Waals surface area contributed by atoms with Gasteiger partial charge in [-0.1, -0.05) is 12.5 Å². The molecule has 0 bridgehead atoms. The van der Waals surface area contributed by atoms with Gasteiger partial charge in [0.1, 0.15) is 11.6 Å². The second-order valence-corrected chi connectivity index (χ2v) is 8.47. The maximum absolute atomic E-state index is 13.2. The molecule has 172 valence electrons. The van der Waals surface area contributed by atoms with Crippen LogP contribution in [0.2, 0.25) is 0 Å². The number of anilines is 2. The number of amides is 1. The lowest BCUT2D eigenvalue weighted by molar-refractivity contribution is 0.0949. The Morgan fingerprint density at radius 3 is 2.82 bits per heavy atom. The molecule has 1 atom stereocenters. The molecule has 4 rings (SSSR count). The standard InChI is InChI=1S/C26H30FN5O/c1-19-6-2-3-16-32(19)17-5-14-29-26(33)21-7-4-8-23(18-21)30-24-13-15-28-25(31-24)20-9-11-22(27)12-10-20/h4,7-13,15,18-19H,2-3,5-6,14,16-17H2,1H3,(H,29,33)(H,28,30,31)/t19-/m1/s1. The maximum atomic E-state index is 13.2. The van der Waals surface area contributed by atoms with E-state index in [4.69, 9.17) is 0 Å². The van der Waals surface area contributed by atoms with Crippen molar-refractivity contribution in [3.05, 3.63) is 72.2 Å². The third-order valence-corrected chi connectivity index (χ3v) is 6.00. The third kappa shape index (κ3) is 6.35. The number of rotatable bonds is 8. The van der Waals surface area contributed by atoms with Crippen LogP contribution in [0.5, 0.6) is 0 Å². The quantitative estimate of drug-likeness (QED) is 0.475. The molecule has 1 saturated heterocycles. The second-order valence-electron chi connectivity index (χ2n) is 8.47. The fraction of sp³-hybridized carbons (Fsp3) is 0.346. The van der Waals surface area contributed by atoms with E-state index in [1.807, 2.05) is 18.2 Å². The second kappa shape index (κ2) is 11.0. The molecular weight excluding hydrogens is 417 g/mol. The Morgan fingerprint density at radius 2 is 2.00 bits per heavy atom. The molecule has 3 aromatic rings. The van der Waals surface area contributed by atoms with Crippen LogP contribution in [0.3, 0.4) is 0 Å². The highest BCUT2D eigenvalue weighted by Crippen LogP contribution is 2.20. The van der Waals surface area contributed by atoms with Crippen LogP contribution in [0, 0.1) is 5.82 Å². The Morgan fingerprint density at radius 1 is 1.15 bits per heavy atom. The molecule has 33 heavy (non-hydrogen) atoms. The number of nitrogens with zero attached hydrogens (tertiary/aromatic N) is 3. The van der Waals surface area contributed by atoms with E-state index in [1.54, 1.807) is 30.5 Å². The molecule has 1 amide bonds. The van der Waals surface area contributed by atoms with Crippen LogP contribution in [0.1, 0.15) is 43.0 Å². The van der Waals surface area contributed by atoms with E-state index in [9.17, 15) is 9.18 Å². The number of carbonyl (C=O) groups is 1. The minimum absolute atomic E-state index is 0.0833. The molecule has 2 N–H and O–H groups in total. The predicted octanol–water partition coefficient (Wildman–Crippen LogP) is 5.02. The fourth-order valence-corrected chi connectivity index (χ4v) is 4.13. The lowest BCUT2D eigenvalue weighted by Crippen LogP contribution is -2.39. The number of aromatic nitrogens is 2. The summed E-state index contributed by atoms with van der Waals surface area (Å²) in [6.45, 7) is 5.13. The van der Waals surface area contributed by atoms with Gasteiger partial charge in [0.05, 0.1) is 0 Å². The molecule has 1 aromatic heterocycles. The smallest absolute Gasteiger partial charge is 0.251 e. The van der Waals surface area contributed by atoms with Crippen molar-refractivity contribution in [3.8, 4) is 11.4 Å². The molecule has 1 aliphatic heterocycles. The minimum Gasteiger partial charge on any atom is -0.352 e. The molecule has 0 saturated carbocycles. The van der Waals surface area contributed by atoms with Gasteiger partial charge in [0.2, 0.25) is 0 Å². The number of halogens is 1. The number of hydrogen-bond acceptors (Lipinski definition) is 5. The zero-order valence-electron chi connectivity index (χ0n) is 18.9. The topological polar surface area (TPSA) is 70.2 Å². The van der Waals surface area contributed by atoms with Crippen molar-refractivity contribution in [2.75, 3.05) is 25.0 Å². The summed E-state index contributed by atoms with van der Waals surface area (Å²) in [5.74, 6) is 0.707. The van der Waals surface area contributed by atoms with E-state index < -0.39 is 0 Å². The molecular formula is C26H30FN5O. The van der Waals surface area contributed by atoms with Gasteiger partial charge >= 0.3 is 0 Å². The van der Waals surface area contributed by atoms with Crippen molar-refractivity contribution < 1.29 is 9.18 Å². The highest BCUT2D eigenvalue weighted by atomic mass is 19.1. The summed E-state index contributed by atoms with van der Waals surface area (Å²) in [6, 6.07) is 15.8. The summed E-state index contributed by atoms with van der Waals surface area (Å²) in [7, 11) is 0. The molecule has 0 radical (unpaired) electrons. The van der Waals surface area contributed by atoms with E-state index in [2.05, 4.69) is 32.4 Å². The fourth-order valence-electron chi connectivity index (χ4n) is 4.13. The van der Waals surface area contributed by atoms with E-state index in [0.29, 0.717) is 29.8 Å². The molecule has 1 aliphatic rings. The third-order valence-electron chi connectivity index (χ3n) is 6.00. The average Bonchev–Trinajstić information content (AvgIpc) is 2.83. The Hall–Kier alpha value is -3.32. The van der Waals surface area contributed by atoms with Gasteiger partial charge in [0.15, 0.2) is 5.82 Å². The molecule has 2 heterocycles. The lowest BCUT2D eigenvalue weighted by atomic mass is 10.0. The van der Waals surface area contributed by atoms with Gasteiger partial charge in [0, 0.05) is 42.1 Å². The van der Waals surface area contributed by atoms with Crippen LogP contribution < -0.4 is 10.6 Å². The summed E-state index contributed by atoms with van der Waals surface area (Å²) in [5, 5.41) is 6.25. The highest BCUT2D eigenvalue weighted by Gasteiger charge is 2.17. The Labute approximate surface area is 194 Å². The first-order chi connectivity index (χ1) is 16.1. The zero-order valence-corrected chi connectivity index (χ0v) is 18.9. The Bertz CT molecular complexity index is 1070. The van der Waals surface area contributed by atoms with E-state index in [-0.39, 0.29) is 11.7 Å². The van der Waals surface area contributed by atoms with Crippen molar-refractivity contribution >= 4 is 17.4 Å². The number of likely N-dealkylation sites (tertiary alicyclic amines) is 1. The van der Waals surface area contributed by atoms with Crippen molar-refractivity contribution in [1.29, 1.82) is 0 Å². The molecule has 6 nitrogen and oxygen atoms in total. The Kier molecular flexibility index (Phi) is 7.62. The number of nitrogens with one attached hydrogen (secondary N) is 2. The maximum Gasteiger partial charge on any atom is 0.251 e. The SMILES string of the molecule is C[C@@H]1CCCCN1CCCNC(=O)c1cccc(Nc2ccnc(-c3ccc(F)cc3)n2)c1. The molecule has 7 heteroatoms. The average molecular weight is 448 g/mol. The van der Waals surface area contributed by atoms with E-state index in [0.717, 1.165) is 30.8 Å². The summed E-state index contributed by atoms with van der Waals surface area (Å²) in [4.78, 5) is 23.9. The number of carbonyl (C=O) groups excluding carboxylic acids is 1. The van der Waals surface area contributed by atoms with Crippen LogP contribution in [0.25, 0.3) is 11.4 Å². The first-order valence-corrected chi connectivity index (χ1v) is 11.6. The number of piperidine rings is 1. The summed E-state index contributed by atoms with van der Waals surface area (Å²) in [6.07, 6.45) is 6.45. The zero-order chi connectivity index (χ0) is 23.0. The van der Waals surface area contributed by atoms with Crippen molar-refractivity contribution in [3.63, 3.8) is 0 Å². The van der Waals surface area contributed by atoms with Gasteiger partial charge < -0.3 is 15.5 Å². The summed E-state index contributed by atoms with van der Waals surface area (Å²) >= 11 is 0. The monoisotopic (exact) mass is 447 g/mol. The lowest BCUT2D eigenvalue weighted by Gasteiger charge is -2.33.